The Morgan fingerprint density at radius 1 is 1.33 bits per heavy atom. The fourth-order valence-electron chi connectivity index (χ4n) is 3.13. The summed E-state index contributed by atoms with van der Waals surface area (Å²) in [5, 5.41) is 5.24. The van der Waals surface area contributed by atoms with Crippen LogP contribution in [0.3, 0.4) is 0 Å². The monoisotopic (exact) mass is 342 g/mol. The Hall–Kier alpha value is -2.14. The van der Waals surface area contributed by atoms with Crippen molar-refractivity contribution in [1.82, 2.24) is 10.2 Å². The SMILES string of the molecule is Cc1ccsc1[C@@H](Cc1ccccc1)NC(=O)[C@@H]1CC(=O)N(C)C1. The lowest BCUT2D eigenvalue weighted by Gasteiger charge is -2.21. The van der Waals surface area contributed by atoms with Crippen molar-refractivity contribution in [3.8, 4) is 0 Å². The highest BCUT2D eigenvalue weighted by molar-refractivity contribution is 7.10. The van der Waals surface area contributed by atoms with Gasteiger partial charge in [-0.25, -0.2) is 0 Å². The maximum Gasteiger partial charge on any atom is 0.225 e. The van der Waals surface area contributed by atoms with Gasteiger partial charge >= 0.3 is 0 Å². The molecule has 2 amide bonds. The lowest BCUT2D eigenvalue weighted by atomic mass is 10.0. The summed E-state index contributed by atoms with van der Waals surface area (Å²) in [6, 6.07) is 12.2. The quantitative estimate of drug-likeness (QED) is 0.908. The standard InChI is InChI=1S/C19H22N2O2S/c1-13-8-9-24-18(13)16(10-14-6-4-3-5-7-14)20-19(23)15-11-17(22)21(2)12-15/h3-9,15-16H,10-12H2,1-2H3,(H,20,23)/t15-,16-/m1/s1. The van der Waals surface area contributed by atoms with Crippen molar-refractivity contribution >= 4 is 23.2 Å². The highest BCUT2D eigenvalue weighted by Gasteiger charge is 2.33. The van der Waals surface area contributed by atoms with Gasteiger partial charge in [0, 0.05) is 24.9 Å². The molecule has 0 spiro atoms. The van der Waals surface area contributed by atoms with E-state index in [1.165, 1.54) is 16.0 Å². The van der Waals surface area contributed by atoms with Crippen molar-refractivity contribution in [2.24, 2.45) is 5.92 Å². The number of aryl methyl sites for hydroxylation is 1. The van der Waals surface area contributed by atoms with Gasteiger partial charge in [-0.3, -0.25) is 9.59 Å². The molecule has 2 heterocycles. The van der Waals surface area contributed by atoms with E-state index in [4.69, 9.17) is 0 Å². The number of carbonyl (C=O) groups is 2. The van der Waals surface area contributed by atoms with Crippen molar-refractivity contribution in [1.29, 1.82) is 0 Å². The van der Waals surface area contributed by atoms with E-state index in [1.54, 1.807) is 23.3 Å². The Morgan fingerprint density at radius 3 is 2.67 bits per heavy atom. The zero-order chi connectivity index (χ0) is 17.1. The molecule has 1 N–H and O–H groups in total. The van der Waals surface area contributed by atoms with Gasteiger partial charge in [-0.1, -0.05) is 30.3 Å². The van der Waals surface area contributed by atoms with Gasteiger partial charge in [-0.05, 0) is 35.9 Å². The zero-order valence-electron chi connectivity index (χ0n) is 14.0. The first-order chi connectivity index (χ1) is 11.5. The molecule has 1 aliphatic heterocycles. The van der Waals surface area contributed by atoms with E-state index in [1.807, 2.05) is 18.2 Å². The minimum absolute atomic E-state index is 0.0265. The molecule has 24 heavy (non-hydrogen) atoms. The molecule has 5 heteroatoms. The molecule has 4 nitrogen and oxygen atoms in total. The van der Waals surface area contributed by atoms with Gasteiger partial charge in [-0.2, -0.15) is 0 Å². The van der Waals surface area contributed by atoms with E-state index in [9.17, 15) is 9.59 Å². The molecule has 2 atom stereocenters. The second-order valence-corrected chi connectivity index (χ2v) is 7.34. The first kappa shape index (κ1) is 16.7. The first-order valence-electron chi connectivity index (χ1n) is 8.17. The van der Waals surface area contributed by atoms with E-state index in [0.29, 0.717) is 13.0 Å². The Bertz CT molecular complexity index is 726. The highest BCUT2D eigenvalue weighted by Crippen LogP contribution is 2.28. The Labute approximate surface area is 146 Å². The van der Waals surface area contributed by atoms with Gasteiger partial charge in [0.05, 0.1) is 12.0 Å². The smallest absolute Gasteiger partial charge is 0.225 e. The van der Waals surface area contributed by atoms with Crippen LogP contribution >= 0.6 is 11.3 Å². The summed E-state index contributed by atoms with van der Waals surface area (Å²) < 4.78 is 0. The molecule has 0 radical (unpaired) electrons. The second kappa shape index (κ2) is 7.18. The molecule has 0 aliphatic carbocycles. The van der Waals surface area contributed by atoms with Crippen molar-refractivity contribution in [3.05, 3.63) is 57.8 Å². The molecule has 1 fully saturated rings. The van der Waals surface area contributed by atoms with Crippen molar-refractivity contribution in [2.45, 2.75) is 25.8 Å². The molecular weight excluding hydrogens is 320 g/mol. The minimum atomic E-state index is -0.249. The third-order valence-corrected chi connectivity index (χ3v) is 5.66. The van der Waals surface area contributed by atoms with Crippen LogP contribution in [0.1, 0.15) is 28.5 Å². The average molecular weight is 342 g/mol. The molecule has 3 rings (SSSR count). The van der Waals surface area contributed by atoms with Crippen LogP contribution in [0, 0.1) is 12.8 Å². The van der Waals surface area contributed by atoms with Crippen LogP contribution in [0.5, 0.6) is 0 Å². The fraction of sp³-hybridized carbons (Fsp3) is 0.368. The fourth-order valence-corrected chi connectivity index (χ4v) is 4.11. The molecule has 1 aliphatic rings. The van der Waals surface area contributed by atoms with E-state index in [0.717, 1.165) is 6.42 Å². The Balaban J connectivity index is 1.76. The number of rotatable bonds is 5. The molecular formula is C19H22N2O2S. The van der Waals surface area contributed by atoms with Gasteiger partial charge in [0.1, 0.15) is 0 Å². The zero-order valence-corrected chi connectivity index (χ0v) is 14.8. The van der Waals surface area contributed by atoms with E-state index in [-0.39, 0.29) is 23.8 Å². The molecule has 2 aromatic rings. The number of amides is 2. The van der Waals surface area contributed by atoms with Crippen LogP contribution in [-0.4, -0.2) is 30.3 Å². The number of nitrogens with one attached hydrogen (secondary N) is 1. The van der Waals surface area contributed by atoms with Crippen LogP contribution in [0.25, 0.3) is 0 Å². The maximum absolute atomic E-state index is 12.7. The number of hydrogen-bond acceptors (Lipinski definition) is 3. The van der Waals surface area contributed by atoms with E-state index < -0.39 is 0 Å². The Kier molecular flexibility index (Phi) is 5.00. The lowest BCUT2D eigenvalue weighted by Crippen LogP contribution is -2.36. The third kappa shape index (κ3) is 3.67. The van der Waals surface area contributed by atoms with Gasteiger partial charge in [0.25, 0.3) is 0 Å². The molecule has 0 saturated carbocycles. The first-order valence-corrected chi connectivity index (χ1v) is 9.05. The highest BCUT2D eigenvalue weighted by atomic mass is 32.1. The molecule has 1 saturated heterocycles. The number of thiophene rings is 1. The lowest BCUT2D eigenvalue weighted by molar-refractivity contribution is -0.128. The normalized spacial score (nSPS) is 18.7. The van der Waals surface area contributed by atoms with Crippen molar-refractivity contribution in [2.75, 3.05) is 13.6 Å². The van der Waals surface area contributed by atoms with Crippen molar-refractivity contribution in [3.63, 3.8) is 0 Å². The van der Waals surface area contributed by atoms with Gasteiger partial charge in [0.15, 0.2) is 0 Å². The van der Waals surface area contributed by atoms with Crippen molar-refractivity contribution < 1.29 is 9.59 Å². The Morgan fingerprint density at radius 2 is 2.08 bits per heavy atom. The predicted octanol–water partition coefficient (Wildman–Crippen LogP) is 2.93. The summed E-state index contributed by atoms with van der Waals surface area (Å²) in [7, 11) is 1.75. The number of carbonyl (C=O) groups excluding carboxylic acids is 2. The summed E-state index contributed by atoms with van der Waals surface area (Å²) in [6.07, 6.45) is 1.06. The van der Waals surface area contributed by atoms with Crippen LogP contribution in [0.15, 0.2) is 41.8 Å². The largest absolute Gasteiger partial charge is 0.348 e. The van der Waals surface area contributed by atoms with Gasteiger partial charge in [0.2, 0.25) is 11.8 Å². The van der Waals surface area contributed by atoms with E-state index in [2.05, 4.69) is 35.8 Å². The van der Waals surface area contributed by atoms with Crippen LogP contribution in [-0.2, 0) is 16.0 Å². The molecule has 126 valence electrons. The molecule has 1 aromatic carbocycles. The number of nitrogens with zero attached hydrogens (tertiary/aromatic N) is 1. The average Bonchev–Trinajstić information content (AvgIpc) is 3.14. The predicted molar refractivity (Wildman–Crippen MR) is 95.8 cm³/mol. The van der Waals surface area contributed by atoms with Crippen LogP contribution < -0.4 is 5.32 Å². The number of hydrogen-bond donors (Lipinski definition) is 1. The topological polar surface area (TPSA) is 49.4 Å². The minimum Gasteiger partial charge on any atom is -0.348 e. The summed E-state index contributed by atoms with van der Waals surface area (Å²) >= 11 is 1.67. The summed E-state index contributed by atoms with van der Waals surface area (Å²) in [5.41, 5.74) is 2.39. The number of likely N-dealkylation sites (tertiary alicyclic amines) is 1. The summed E-state index contributed by atoms with van der Waals surface area (Å²) in [4.78, 5) is 27.2. The molecule has 0 bridgehead atoms. The summed E-state index contributed by atoms with van der Waals surface area (Å²) in [6.45, 7) is 2.58. The number of benzene rings is 1. The maximum atomic E-state index is 12.7. The van der Waals surface area contributed by atoms with E-state index >= 15 is 0 Å². The van der Waals surface area contributed by atoms with Gasteiger partial charge < -0.3 is 10.2 Å². The van der Waals surface area contributed by atoms with Crippen LogP contribution in [0.4, 0.5) is 0 Å². The van der Waals surface area contributed by atoms with Crippen LogP contribution in [0.2, 0.25) is 0 Å². The molecule has 1 aromatic heterocycles. The molecule has 0 unspecified atom stereocenters. The summed E-state index contributed by atoms with van der Waals surface area (Å²) in [5.74, 6) is -0.232. The van der Waals surface area contributed by atoms with Gasteiger partial charge in [-0.15, -0.1) is 11.3 Å². The third-order valence-electron chi connectivity index (χ3n) is 4.53. The second-order valence-electron chi connectivity index (χ2n) is 6.39.